The number of hydrogen-bond donors (Lipinski definition) is 1. The Kier molecular flexibility index (Phi) is 6.78. The average molecular weight is 352 g/mol. The molecule has 0 aliphatic rings. The summed E-state index contributed by atoms with van der Waals surface area (Å²) in [6.45, 7) is 1.36. The van der Waals surface area contributed by atoms with Crippen molar-refractivity contribution in [2.45, 2.75) is 11.3 Å². The maximum atomic E-state index is 12.1. The fraction of sp³-hybridized carbons (Fsp3) is 0.500. The number of benzene rings is 1. The molecule has 108 valence electrons. The zero-order valence-electron chi connectivity index (χ0n) is 10.8. The Morgan fingerprint density at radius 2 is 2.00 bits per heavy atom. The van der Waals surface area contributed by atoms with Crippen LogP contribution in [0.5, 0.6) is 0 Å². The van der Waals surface area contributed by atoms with E-state index in [2.05, 4.69) is 15.9 Å². The van der Waals surface area contributed by atoms with Crippen molar-refractivity contribution in [3.8, 4) is 0 Å². The van der Waals surface area contributed by atoms with Gasteiger partial charge in [0.15, 0.2) is 9.84 Å². The molecule has 0 saturated carbocycles. The van der Waals surface area contributed by atoms with Gasteiger partial charge in [-0.2, -0.15) is 0 Å². The summed E-state index contributed by atoms with van der Waals surface area (Å²) < 4.78 is 35.0. The summed E-state index contributed by atoms with van der Waals surface area (Å²) in [4.78, 5) is 0.174. The zero-order valence-corrected chi connectivity index (χ0v) is 13.2. The van der Waals surface area contributed by atoms with Crippen molar-refractivity contribution in [2.24, 2.45) is 0 Å². The molecule has 0 atom stereocenters. The summed E-state index contributed by atoms with van der Waals surface area (Å²) in [5.41, 5.74) is 5.98. The maximum absolute atomic E-state index is 12.1. The van der Waals surface area contributed by atoms with Gasteiger partial charge in [0.25, 0.3) is 0 Å². The van der Waals surface area contributed by atoms with Crippen molar-refractivity contribution in [2.75, 3.05) is 38.4 Å². The van der Waals surface area contributed by atoms with Crippen LogP contribution in [0.15, 0.2) is 27.6 Å². The number of ether oxygens (including phenoxy) is 2. The number of nitrogens with two attached hydrogens (primary N) is 1. The van der Waals surface area contributed by atoms with Crippen LogP contribution in [0.4, 0.5) is 5.69 Å². The minimum absolute atomic E-state index is 0.0197. The van der Waals surface area contributed by atoms with Crippen LogP contribution in [0.2, 0.25) is 0 Å². The highest BCUT2D eigenvalue weighted by Gasteiger charge is 2.17. The first-order valence-electron chi connectivity index (χ1n) is 5.82. The molecule has 2 N–H and O–H groups in total. The average Bonchev–Trinajstić information content (AvgIpc) is 2.33. The molecule has 1 aromatic rings. The molecule has 19 heavy (non-hydrogen) atoms. The molecule has 0 aliphatic carbocycles. The minimum Gasteiger partial charge on any atom is -0.398 e. The summed E-state index contributed by atoms with van der Waals surface area (Å²) in [5.74, 6) is 0.0197. The number of sulfone groups is 1. The summed E-state index contributed by atoms with van der Waals surface area (Å²) in [6, 6.07) is 4.76. The second-order valence-corrected chi connectivity index (χ2v) is 6.95. The quantitative estimate of drug-likeness (QED) is 0.571. The van der Waals surface area contributed by atoms with Crippen LogP contribution < -0.4 is 5.73 Å². The third-order valence-corrected chi connectivity index (χ3v) is 4.80. The highest BCUT2D eigenvalue weighted by Crippen LogP contribution is 2.24. The molecule has 0 aromatic heterocycles. The van der Waals surface area contributed by atoms with E-state index in [1.807, 2.05) is 0 Å². The Morgan fingerprint density at radius 3 is 2.63 bits per heavy atom. The summed E-state index contributed by atoms with van der Waals surface area (Å²) in [7, 11) is -1.77. The number of methoxy groups -OCH3 is 1. The lowest BCUT2D eigenvalue weighted by Gasteiger charge is -2.08. The molecule has 0 amide bonds. The van der Waals surface area contributed by atoms with Crippen LogP contribution in [0, 0.1) is 0 Å². The normalized spacial score (nSPS) is 11.7. The predicted molar refractivity (Wildman–Crippen MR) is 77.9 cm³/mol. The van der Waals surface area contributed by atoms with E-state index >= 15 is 0 Å². The van der Waals surface area contributed by atoms with Gasteiger partial charge in [0.2, 0.25) is 0 Å². The Bertz CT molecular complexity index is 504. The Hall–Kier alpha value is -0.630. The fourth-order valence-electron chi connectivity index (χ4n) is 1.51. The Labute approximate surface area is 122 Å². The van der Waals surface area contributed by atoms with Crippen LogP contribution >= 0.6 is 15.9 Å². The van der Waals surface area contributed by atoms with E-state index in [1.54, 1.807) is 19.2 Å². The number of halogens is 1. The minimum atomic E-state index is -3.36. The van der Waals surface area contributed by atoms with E-state index in [-0.39, 0.29) is 16.3 Å². The monoisotopic (exact) mass is 351 g/mol. The standard InChI is InChI=1S/C12H18BrNO4S/c1-17-6-7-18-5-2-8-19(15,16)12-4-3-10(13)9-11(12)14/h3-4,9H,2,5-8,14H2,1H3. The first kappa shape index (κ1) is 16.4. The van der Waals surface area contributed by atoms with Crippen molar-refractivity contribution in [3.63, 3.8) is 0 Å². The third-order valence-electron chi connectivity index (χ3n) is 2.44. The van der Waals surface area contributed by atoms with Crippen LogP contribution in [0.25, 0.3) is 0 Å². The molecular weight excluding hydrogens is 334 g/mol. The lowest BCUT2D eigenvalue weighted by atomic mass is 10.3. The third kappa shape index (κ3) is 5.48. The van der Waals surface area contributed by atoms with Crippen molar-refractivity contribution in [1.29, 1.82) is 0 Å². The summed E-state index contributed by atoms with van der Waals surface area (Å²) >= 11 is 3.24. The molecule has 0 heterocycles. The van der Waals surface area contributed by atoms with Crippen molar-refractivity contribution in [1.82, 2.24) is 0 Å². The van der Waals surface area contributed by atoms with E-state index in [0.717, 1.165) is 4.47 Å². The van der Waals surface area contributed by atoms with Gasteiger partial charge in [-0.15, -0.1) is 0 Å². The predicted octanol–water partition coefficient (Wildman–Crippen LogP) is 1.86. The molecule has 0 saturated heterocycles. The van der Waals surface area contributed by atoms with Gasteiger partial charge in [-0.05, 0) is 24.6 Å². The van der Waals surface area contributed by atoms with Crippen molar-refractivity contribution < 1.29 is 17.9 Å². The van der Waals surface area contributed by atoms with Gasteiger partial charge < -0.3 is 15.2 Å². The lowest BCUT2D eigenvalue weighted by Crippen LogP contribution is -2.12. The molecule has 0 fully saturated rings. The van der Waals surface area contributed by atoms with E-state index in [1.165, 1.54) is 6.07 Å². The van der Waals surface area contributed by atoms with Crippen LogP contribution in [-0.2, 0) is 19.3 Å². The molecule has 0 unspecified atom stereocenters. The van der Waals surface area contributed by atoms with E-state index < -0.39 is 9.84 Å². The number of nitrogen functional groups attached to an aromatic ring is 1. The molecule has 0 aliphatic heterocycles. The molecule has 0 radical (unpaired) electrons. The fourth-order valence-corrected chi connectivity index (χ4v) is 3.30. The van der Waals surface area contributed by atoms with E-state index in [4.69, 9.17) is 15.2 Å². The SMILES string of the molecule is COCCOCCCS(=O)(=O)c1ccc(Br)cc1N. The van der Waals surface area contributed by atoms with Crippen LogP contribution in [0.3, 0.4) is 0 Å². The number of anilines is 1. The smallest absolute Gasteiger partial charge is 0.180 e. The van der Waals surface area contributed by atoms with Crippen molar-refractivity contribution >= 4 is 31.5 Å². The molecule has 5 nitrogen and oxygen atoms in total. The molecule has 0 bridgehead atoms. The van der Waals surface area contributed by atoms with Gasteiger partial charge in [0.1, 0.15) is 0 Å². The number of rotatable bonds is 8. The van der Waals surface area contributed by atoms with Gasteiger partial charge in [0, 0.05) is 18.2 Å². The Morgan fingerprint density at radius 1 is 1.26 bits per heavy atom. The first-order chi connectivity index (χ1) is 8.97. The van der Waals surface area contributed by atoms with Gasteiger partial charge in [-0.25, -0.2) is 8.42 Å². The van der Waals surface area contributed by atoms with E-state index in [9.17, 15) is 8.42 Å². The summed E-state index contributed by atoms with van der Waals surface area (Å²) in [6.07, 6.45) is 0.432. The first-order valence-corrected chi connectivity index (χ1v) is 8.26. The largest absolute Gasteiger partial charge is 0.398 e. The van der Waals surface area contributed by atoms with Crippen LogP contribution in [0.1, 0.15) is 6.42 Å². The molecule has 7 heteroatoms. The molecule has 0 spiro atoms. The van der Waals surface area contributed by atoms with E-state index in [0.29, 0.717) is 26.2 Å². The number of hydrogen-bond acceptors (Lipinski definition) is 5. The van der Waals surface area contributed by atoms with Crippen molar-refractivity contribution in [3.05, 3.63) is 22.7 Å². The zero-order chi connectivity index (χ0) is 14.3. The highest BCUT2D eigenvalue weighted by molar-refractivity contribution is 9.10. The van der Waals surface area contributed by atoms with Gasteiger partial charge in [-0.3, -0.25) is 0 Å². The summed E-state index contributed by atoms with van der Waals surface area (Å²) in [5, 5.41) is 0. The van der Waals surface area contributed by atoms with Gasteiger partial charge in [-0.1, -0.05) is 15.9 Å². The lowest BCUT2D eigenvalue weighted by molar-refractivity contribution is 0.0712. The second kappa shape index (κ2) is 7.84. The van der Waals surface area contributed by atoms with Gasteiger partial charge in [0.05, 0.1) is 29.5 Å². The maximum Gasteiger partial charge on any atom is 0.180 e. The molecular formula is C12H18BrNO4S. The molecule has 1 rings (SSSR count). The highest BCUT2D eigenvalue weighted by atomic mass is 79.9. The Balaban J connectivity index is 2.52. The van der Waals surface area contributed by atoms with Gasteiger partial charge >= 0.3 is 0 Å². The second-order valence-electron chi connectivity index (χ2n) is 3.96. The molecule has 1 aromatic carbocycles. The topological polar surface area (TPSA) is 78.6 Å². The van der Waals surface area contributed by atoms with Crippen LogP contribution in [-0.4, -0.2) is 41.1 Å².